The first-order chi connectivity index (χ1) is 44.2. The number of fused-ring (bicyclic) bond motifs is 9. The first-order valence-corrected chi connectivity index (χ1v) is 34.8. The van der Waals surface area contributed by atoms with E-state index < -0.39 is 16.1 Å². The predicted octanol–water partition coefficient (Wildman–Crippen LogP) is 15.4. The number of hydrogen-bond acceptors (Lipinski definition) is 0. The fourth-order valence-electron chi connectivity index (χ4n) is 15.2. The fourth-order valence-corrected chi connectivity index (χ4v) is 24.8. The van der Waals surface area contributed by atoms with Gasteiger partial charge in [-0.2, -0.15) is 0 Å². The van der Waals surface area contributed by atoms with Gasteiger partial charge in [0.05, 0.1) is 33.1 Å². The molecule has 0 N–H and O–H groups in total. The summed E-state index contributed by atoms with van der Waals surface area (Å²) in [5, 5.41) is 18.1. The molecule has 0 aliphatic rings. The molecule has 0 aliphatic heterocycles. The van der Waals surface area contributed by atoms with Gasteiger partial charge < -0.3 is 13.7 Å². The van der Waals surface area contributed by atoms with Gasteiger partial charge >= 0.3 is 0 Å². The lowest BCUT2D eigenvalue weighted by Gasteiger charge is -2.35. The molecule has 0 saturated heterocycles. The molecule has 0 aliphatic carbocycles. The van der Waals surface area contributed by atoms with Gasteiger partial charge in [-0.25, -0.2) is 0 Å². The Kier molecular flexibility index (Phi) is 12.6. The van der Waals surface area contributed by atoms with Crippen molar-refractivity contribution in [1.29, 1.82) is 0 Å². The second-order valence-corrected chi connectivity index (χ2v) is 31.1. The Balaban J connectivity index is 0.897. The van der Waals surface area contributed by atoms with E-state index in [4.69, 9.17) is 0 Å². The number of para-hydroxylation sites is 3. The van der Waals surface area contributed by atoms with Gasteiger partial charge in [-0.1, -0.05) is 285 Å². The molecule has 0 radical (unpaired) electrons. The second kappa shape index (κ2) is 21.4. The molecule has 0 spiro atoms. The summed E-state index contributed by atoms with van der Waals surface area (Å²) < 4.78 is 7.47. The zero-order valence-corrected chi connectivity index (χ0v) is 50.9. The highest BCUT2D eigenvalue weighted by atomic mass is 28.3. The molecule has 89 heavy (non-hydrogen) atoms. The standard InChI is InChI=1S/C84H59N3Si2/c1-8-28-60(29-9-1)72-46-27-49-83-84(72)77-57-63(86-79-48-25-23-45-74(79)76-58-70(51-55-81(76)86)88(64-33-12-3-13-34-64,65-35-14-4-15-36-65)66-37-16-5-17-38-66)50-53-82(77)87(83)62-32-26-43-69(56-62)89(67-39-18-6-19-40-67,68-41-20-7-21-42-68)71-52-54-80-75(59-71)73-44-22-24-47-78(73)85(80)61-30-10-2-11-31-61/h1-59H. The van der Waals surface area contributed by atoms with Crippen LogP contribution in [0.15, 0.2) is 358 Å². The molecule has 17 rings (SSSR count). The summed E-state index contributed by atoms with van der Waals surface area (Å²) in [7, 11) is -5.94. The minimum atomic E-state index is -3.11. The second-order valence-electron chi connectivity index (χ2n) is 23.5. The van der Waals surface area contributed by atoms with E-state index in [-0.39, 0.29) is 0 Å². The van der Waals surface area contributed by atoms with Crippen LogP contribution in [0.4, 0.5) is 0 Å². The van der Waals surface area contributed by atoms with Gasteiger partial charge in [0, 0.05) is 49.4 Å². The Labute approximate surface area is 519 Å². The molecule has 0 saturated carbocycles. The molecule has 0 amide bonds. The highest BCUT2D eigenvalue weighted by Crippen LogP contribution is 2.41. The molecule has 0 unspecified atom stereocenters. The van der Waals surface area contributed by atoms with Crippen molar-refractivity contribution in [3.8, 4) is 28.2 Å². The lowest BCUT2D eigenvalue weighted by Crippen LogP contribution is -2.74. The van der Waals surface area contributed by atoms with Gasteiger partial charge in [-0.3, -0.25) is 0 Å². The van der Waals surface area contributed by atoms with Crippen LogP contribution in [-0.2, 0) is 0 Å². The summed E-state index contributed by atoms with van der Waals surface area (Å²) in [4.78, 5) is 0. The molecular formula is C84H59N3Si2. The van der Waals surface area contributed by atoms with Gasteiger partial charge in [0.15, 0.2) is 16.1 Å². The Morgan fingerprint density at radius 2 is 0.506 bits per heavy atom. The van der Waals surface area contributed by atoms with Crippen LogP contribution < -0.4 is 41.5 Å². The van der Waals surface area contributed by atoms with Crippen molar-refractivity contribution in [2.24, 2.45) is 0 Å². The van der Waals surface area contributed by atoms with Gasteiger partial charge in [-0.15, -0.1) is 0 Å². The number of benzene rings is 14. The molecule has 0 atom stereocenters. The van der Waals surface area contributed by atoms with E-state index in [1.807, 2.05) is 0 Å². The third kappa shape index (κ3) is 8.17. The fraction of sp³-hybridized carbons (Fsp3) is 0. The van der Waals surface area contributed by atoms with Gasteiger partial charge in [0.2, 0.25) is 0 Å². The average Bonchev–Trinajstić information content (AvgIpc) is 1.79. The quantitative estimate of drug-likeness (QED) is 0.0855. The average molecular weight is 1170 g/mol. The van der Waals surface area contributed by atoms with E-state index in [0.717, 1.165) is 28.1 Å². The third-order valence-corrected chi connectivity index (χ3v) is 28.4. The van der Waals surface area contributed by atoms with Crippen molar-refractivity contribution in [1.82, 2.24) is 13.7 Å². The van der Waals surface area contributed by atoms with Crippen molar-refractivity contribution in [3.63, 3.8) is 0 Å². The number of hydrogen-bond donors (Lipinski definition) is 0. The lowest BCUT2D eigenvalue weighted by atomic mass is 9.99. The Hall–Kier alpha value is -11.1. The zero-order valence-electron chi connectivity index (χ0n) is 48.9. The summed E-state index contributed by atoms with van der Waals surface area (Å²) in [6.07, 6.45) is 0. The maximum absolute atomic E-state index is 3.11. The van der Waals surface area contributed by atoms with Crippen LogP contribution in [0.1, 0.15) is 0 Å². The Morgan fingerprint density at radius 1 is 0.180 bits per heavy atom. The first kappa shape index (κ1) is 52.3. The topological polar surface area (TPSA) is 14.8 Å². The van der Waals surface area contributed by atoms with Gasteiger partial charge in [0.1, 0.15) is 0 Å². The Morgan fingerprint density at radius 3 is 1.01 bits per heavy atom. The molecule has 3 nitrogen and oxygen atoms in total. The van der Waals surface area contributed by atoms with Gasteiger partial charge in [0.25, 0.3) is 0 Å². The summed E-state index contributed by atoms with van der Waals surface area (Å²) in [5.41, 5.74) is 12.9. The minimum absolute atomic E-state index is 1.12. The van der Waals surface area contributed by atoms with Crippen LogP contribution in [0.25, 0.3) is 93.6 Å². The van der Waals surface area contributed by atoms with Crippen LogP contribution in [0.5, 0.6) is 0 Å². The van der Waals surface area contributed by atoms with Crippen molar-refractivity contribution in [2.45, 2.75) is 0 Å². The molecular weight excluding hydrogens is 1110 g/mol. The summed E-state index contributed by atoms with van der Waals surface area (Å²) in [6, 6.07) is 135. The largest absolute Gasteiger partial charge is 0.309 e. The van der Waals surface area contributed by atoms with E-state index in [0.29, 0.717) is 0 Å². The normalized spacial score (nSPS) is 12.0. The highest BCUT2D eigenvalue weighted by molar-refractivity contribution is 7.20. The molecule has 0 bridgehead atoms. The number of rotatable bonds is 12. The van der Waals surface area contributed by atoms with E-state index in [1.54, 1.807) is 0 Å². The first-order valence-electron chi connectivity index (χ1n) is 30.8. The SMILES string of the molecule is c1ccc(-c2cccc3c2c2cc(-n4c5ccccc5c5cc([Si](c6ccccc6)(c6ccccc6)c6ccccc6)ccc54)ccc2n3-c2cccc([Si](c3ccccc3)(c3ccccc3)c3ccc4c(c3)c3ccccc3n4-c3ccccc3)c2)cc1. The minimum Gasteiger partial charge on any atom is -0.309 e. The molecule has 0 fully saturated rings. The molecule has 5 heteroatoms. The van der Waals surface area contributed by atoms with E-state index in [1.165, 1.54) is 107 Å². The number of nitrogens with zero attached hydrogens (tertiary/aromatic N) is 3. The molecule has 418 valence electrons. The molecule has 14 aromatic carbocycles. The molecule has 3 aromatic heterocycles. The summed E-state index contributed by atoms with van der Waals surface area (Å²) in [6.45, 7) is 0. The van der Waals surface area contributed by atoms with Crippen LogP contribution in [-0.4, -0.2) is 29.8 Å². The Bertz CT molecular complexity index is 5330. The summed E-state index contributed by atoms with van der Waals surface area (Å²) >= 11 is 0. The highest BCUT2D eigenvalue weighted by Gasteiger charge is 2.43. The van der Waals surface area contributed by atoms with E-state index in [9.17, 15) is 0 Å². The zero-order chi connectivity index (χ0) is 58.9. The van der Waals surface area contributed by atoms with E-state index in [2.05, 4.69) is 372 Å². The number of aromatic nitrogens is 3. The molecule has 3 heterocycles. The van der Waals surface area contributed by atoms with Crippen LogP contribution in [0.2, 0.25) is 0 Å². The van der Waals surface area contributed by atoms with Crippen LogP contribution in [0, 0.1) is 0 Å². The maximum atomic E-state index is 2.54. The predicted molar refractivity (Wildman–Crippen MR) is 382 cm³/mol. The maximum Gasteiger partial charge on any atom is 0.179 e. The van der Waals surface area contributed by atoms with Crippen molar-refractivity contribution in [3.05, 3.63) is 358 Å². The molecule has 17 aromatic rings. The third-order valence-electron chi connectivity index (χ3n) is 18.9. The lowest BCUT2D eigenvalue weighted by molar-refractivity contribution is 1.17. The van der Waals surface area contributed by atoms with Crippen LogP contribution >= 0.6 is 0 Å². The smallest absolute Gasteiger partial charge is 0.179 e. The summed E-state index contributed by atoms with van der Waals surface area (Å²) in [5.74, 6) is 0. The van der Waals surface area contributed by atoms with Crippen molar-refractivity contribution in [2.75, 3.05) is 0 Å². The van der Waals surface area contributed by atoms with Crippen molar-refractivity contribution >= 4 is 123 Å². The monoisotopic (exact) mass is 1170 g/mol. The van der Waals surface area contributed by atoms with Gasteiger partial charge in [-0.05, 0) is 125 Å². The van der Waals surface area contributed by atoms with Crippen molar-refractivity contribution < 1.29 is 0 Å². The van der Waals surface area contributed by atoms with Crippen LogP contribution in [0.3, 0.4) is 0 Å². The van der Waals surface area contributed by atoms with E-state index >= 15 is 0 Å².